The first-order valence-electron chi connectivity index (χ1n) is 6.60. The Bertz CT molecular complexity index is 258. The first-order chi connectivity index (χ1) is 8.47. The lowest BCUT2D eigenvalue weighted by molar-refractivity contribution is -0.135. The molecule has 1 aliphatic carbocycles. The minimum Gasteiger partial charge on any atom is -0.370 e. The van der Waals surface area contributed by atoms with E-state index in [1.165, 1.54) is 19.3 Å². The smallest absolute Gasteiger partial charge is 0.370 e. The Labute approximate surface area is 106 Å². The van der Waals surface area contributed by atoms with E-state index in [2.05, 4.69) is 10.3 Å². The van der Waals surface area contributed by atoms with Crippen molar-refractivity contribution in [1.29, 1.82) is 0 Å². The average molecular weight is 265 g/mol. The van der Waals surface area contributed by atoms with Gasteiger partial charge < -0.3 is 11.1 Å². The molecule has 1 rings (SSSR count). The molecule has 6 heteroatoms. The van der Waals surface area contributed by atoms with Crippen LogP contribution in [0.5, 0.6) is 0 Å². The van der Waals surface area contributed by atoms with Crippen LogP contribution < -0.4 is 11.1 Å². The van der Waals surface area contributed by atoms with Crippen LogP contribution in [0.2, 0.25) is 0 Å². The van der Waals surface area contributed by atoms with Crippen molar-refractivity contribution >= 4 is 5.96 Å². The number of hydrogen-bond donors (Lipinski definition) is 2. The number of guanidine groups is 1. The fraction of sp³-hybridized carbons (Fsp3) is 0.917. The van der Waals surface area contributed by atoms with E-state index in [0.717, 1.165) is 12.8 Å². The first-order valence-corrected chi connectivity index (χ1v) is 6.60. The Morgan fingerprint density at radius 2 is 1.83 bits per heavy atom. The van der Waals surface area contributed by atoms with E-state index in [9.17, 15) is 13.2 Å². The standard InChI is InChI=1S/C12H22F3N3/c13-12(14,15)8-4-5-9-17-11(16)18-10-6-2-1-3-7-10/h10H,1-9H2,(H3,16,17,18). The van der Waals surface area contributed by atoms with Gasteiger partial charge in [0, 0.05) is 19.0 Å². The summed E-state index contributed by atoms with van der Waals surface area (Å²) in [4.78, 5) is 4.05. The van der Waals surface area contributed by atoms with Crippen LogP contribution in [0.15, 0.2) is 4.99 Å². The third kappa shape index (κ3) is 7.40. The van der Waals surface area contributed by atoms with Crippen LogP contribution in [0.3, 0.4) is 0 Å². The number of nitrogens with two attached hydrogens (primary N) is 1. The summed E-state index contributed by atoms with van der Waals surface area (Å²) in [5, 5.41) is 3.13. The molecule has 0 bridgehead atoms. The maximum atomic E-state index is 11.9. The summed E-state index contributed by atoms with van der Waals surface area (Å²) in [7, 11) is 0. The van der Waals surface area contributed by atoms with Gasteiger partial charge in [-0.05, 0) is 25.7 Å². The van der Waals surface area contributed by atoms with Gasteiger partial charge in [0.15, 0.2) is 5.96 Å². The Balaban J connectivity index is 2.09. The van der Waals surface area contributed by atoms with Gasteiger partial charge in [-0.2, -0.15) is 13.2 Å². The normalized spacial score (nSPS) is 18.9. The predicted molar refractivity (Wildman–Crippen MR) is 66.4 cm³/mol. The number of hydrogen-bond acceptors (Lipinski definition) is 1. The quantitative estimate of drug-likeness (QED) is 0.456. The molecule has 106 valence electrons. The van der Waals surface area contributed by atoms with Crippen LogP contribution >= 0.6 is 0 Å². The highest BCUT2D eigenvalue weighted by Crippen LogP contribution is 2.22. The second-order valence-electron chi connectivity index (χ2n) is 4.82. The number of aliphatic imine (C=N–C) groups is 1. The Morgan fingerprint density at radius 1 is 1.17 bits per heavy atom. The maximum absolute atomic E-state index is 11.9. The lowest BCUT2D eigenvalue weighted by Crippen LogP contribution is -2.41. The number of unbranched alkanes of at least 4 members (excludes halogenated alkanes) is 1. The van der Waals surface area contributed by atoms with Crippen molar-refractivity contribution in [3.8, 4) is 0 Å². The van der Waals surface area contributed by atoms with E-state index in [1.54, 1.807) is 0 Å². The Morgan fingerprint density at radius 3 is 2.44 bits per heavy atom. The molecule has 0 aromatic rings. The Hall–Kier alpha value is -0.940. The van der Waals surface area contributed by atoms with Crippen LogP contribution in [0.1, 0.15) is 51.4 Å². The molecule has 0 aromatic carbocycles. The molecule has 0 aromatic heterocycles. The summed E-state index contributed by atoms with van der Waals surface area (Å²) in [6, 6.07) is 0.387. The first kappa shape index (κ1) is 15.1. The van der Waals surface area contributed by atoms with Crippen LogP contribution in [-0.2, 0) is 0 Å². The van der Waals surface area contributed by atoms with Crippen LogP contribution in [0, 0.1) is 0 Å². The van der Waals surface area contributed by atoms with Crippen molar-refractivity contribution < 1.29 is 13.2 Å². The van der Waals surface area contributed by atoms with Crippen LogP contribution in [0.4, 0.5) is 13.2 Å². The van der Waals surface area contributed by atoms with E-state index in [4.69, 9.17) is 5.73 Å². The minimum absolute atomic E-state index is 0.115. The zero-order valence-electron chi connectivity index (χ0n) is 10.6. The van der Waals surface area contributed by atoms with Gasteiger partial charge in [0.1, 0.15) is 0 Å². The summed E-state index contributed by atoms with van der Waals surface area (Å²) < 4.78 is 35.6. The molecule has 0 saturated heterocycles. The summed E-state index contributed by atoms with van der Waals surface area (Å²) in [6.07, 6.45) is 1.62. The molecule has 0 atom stereocenters. The zero-order chi connectivity index (χ0) is 13.4. The molecule has 3 nitrogen and oxygen atoms in total. The summed E-state index contributed by atoms with van der Waals surface area (Å²) in [5.41, 5.74) is 5.69. The number of halogens is 3. The topological polar surface area (TPSA) is 50.4 Å². The van der Waals surface area contributed by atoms with Crippen molar-refractivity contribution in [2.45, 2.75) is 63.6 Å². The van der Waals surface area contributed by atoms with E-state index < -0.39 is 12.6 Å². The van der Waals surface area contributed by atoms with Crippen molar-refractivity contribution in [2.24, 2.45) is 10.7 Å². The van der Waals surface area contributed by atoms with Gasteiger partial charge >= 0.3 is 6.18 Å². The fourth-order valence-corrected chi connectivity index (χ4v) is 2.14. The SMILES string of the molecule is NC(=NCCCCC(F)(F)F)NC1CCCCC1. The summed E-state index contributed by atoms with van der Waals surface area (Å²) >= 11 is 0. The predicted octanol–water partition coefficient (Wildman–Crippen LogP) is 2.96. The van der Waals surface area contributed by atoms with E-state index >= 15 is 0 Å². The second kappa shape index (κ2) is 7.48. The highest BCUT2D eigenvalue weighted by molar-refractivity contribution is 5.78. The van der Waals surface area contributed by atoms with E-state index in [1.807, 2.05) is 0 Å². The molecule has 0 radical (unpaired) electrons. The molecule has 3 N–H and O–H groups in total. The largest absolute Gasteiger partial charge is 0.389 e. The van der Waals surface area contributed by atoms with E-state index in [-0.39, 0.29) is 6.42 Å². The summed E-state index contributed by atoms with van der Waals surface area (Å²) in [5.74, 6) is 0.369. The number of nitrogens with one attached hydrogen (secondary N) is 1. The monoisotopic (exact) mass is 265 g/mol. The van der Waals surface area contributed by atoms with Gasteiger partial charge in [-0.15, -0.1) is 0 Å². The lowest BCUT2D eigenvalue weighted by atomic mass is 9.96. The van der Waals surface area contributed by atoms with Crippen molar-refractivity contribution in [2.75, 3.05) is 6.54 Å². The van der Waals surface area contributed by atoms with Gasteiger partial charge in [-0.1, -0.05) is 19.3 Å². The number of nitrogens with zero attached hydrogens (tertiary/aromatic N) is 1. The third-order valence-electron chi connectivity index (χ3n) is 3.11. The molecule has 0 unspecified atom stereocenters. The van der Waals surface area contributed by atoms with Crippen molar-refractivity contribution in [1.82, 2.24) is 5.32 Å². The Kier molecular flexibility index (Phi) is 6.29. The van der Waals surface area contributed by atoms with Gasteiger partial charge in [-0.3, -0.25) is 4.99 Å². The highest BCUT2D eigenvalue weighted by Gasteiger charge is 2.25. The molecule has 0 aliphatic heterocycles. The molecule has 1 fully saturated rings. The molecule has 0 spiro atoms. The maximum Gasteiger partial charge on any atom is 0.389 e. The molecular weight excluding hydrogens is 243 g/mol. The molecule has 0 amide bonds. The molecule has 1 aliphatic rings. The number of rotatable bonds is 5. The van der Waals surface area contributed by atoms with Gasteiger partial charge in [0.05, 0.1) is 0 Å². The van der Waals surface area contributed by atoms with Gasteiger partial charge in [0.25, 0.3) is 0 Å². The lowest BCUT2D eigenvalue weighted by Gasteiger charge is -2.23. The van der Waals surface area contributed by atoms with E-state index in [0.29, 0.717) is 25.0 Å². The van der Waals surface area contributed by atoms with Crippen molar-refractivity contribution in [3.63, 3.8) is 0 Å². The van der Waals surface area contributed by atoms with Crippen molar-refractivity contribution in [3.05, 3.63) is 0 Å². The zero-order valence-corrected chi connectivity index (χ0v) is 10.6. The molecular formula is C12H22F3N3. The summed E-state index contributed by atoms with van der Waals surface area (Å²) in [6.45, 7) is 0.363. The fourth-order valence-electron chi connectivity index (χ4n) is 2.14. The molecule has 0 heterocycles. The molecule has 1 saturated carbocycles. The van der Waals surface area contributed by atoms with Crippen LogP contribution in [0.25, 0.3) is 0 Å². The van der Waals surface area contributed by atoms with Gasteiger partial charge in [-0.25, -0.2) is 0 Å². The van der Waals surface area contributed by atoms with Gasteiger partial charge in [0.2, 0.25) is 0 Å². The average Bonchev–Trinajstić information content (AvgIpc) is 2.28. The second-order valence-corrected chi connectivity index (χ2v) is 4.82. The number of alkyl halides is 3. The van der Waals surface area contributed by atoms with Crippen LogP contribution in [-0.4, -0.2) is 24.7 Å². The highest BCUT2D eigenvalue weighted by atomic mass is 19.4. The third-order valence-corrected chi connectivity index (χ3v) is 3.11. The minimum atomic E-state index is -4.06. The molecule has 18 heavy (non-hydrogen) atoms.